The van der Waals surface area contributed by atoms with E-state index >= 15 is 4.39 Å². The van der Waals surface area contributed by atoms with Crippen LogP contribution in [0, 0.1) is 11.6 Å². The second kappa shape index (κ2) is 11.4. The molecule has 0 aliphatic rings. The normalized spacial score (nSPS) is 10.9. The molecule has 0 radical (unpaired) electrons. The van der Waals surface area contributed by atoms with E-state index in [9.17, 15) is 23.6 Å². The molecule has 2 amide bonds. The lowest BCUT2D eigenvalue weighted by molar-refractivity contribution is 0.102. The fourth-order valence-corrected chi connectivity index (χ4v) is 4.10. The minimum atomic E-state index is -0.931. The summed E-state index contributed by atoms with van der Waals surface area (Å²) < 4.78 is 42.2. The number of methoxy groups -OCH3 is 1. The summed E-state index contributed by atoms with van der Waals surface area (Å²) >= 11 is 0. The van der Waals surface area contributed by atoms with Crippen LogP contribution in [0.5, 0.6) is 11.5 Å². The molecular formula is C28H22F2N6O6. The van der Waals surface area contributed by atoms with Crippen LogP contribution in [0.15, 0.2) is 82.8 Å². The summed E-state index contributed by atoms with van der Waals surface area (Å²) in [6.45, 7) is 1.79. The first-order chi connectivity index (χ1) is 20.2. The van der Waals surface area contributed by atoms with E-state index in [0.717, 1.165) is 33.5 Å². The zero-order valence-corrected chi connectivity index (χ0v) is 22.1. The number of hydrogen-bond donors (Lipinski definition) is 2. The number of carbonyl (C=O) groups is 2. The van der Waals surface area contributed by atoms with E-state index in [2.05, 4.69) is 20.5 Å². The molecule has 3 heterocycles. The monoisotopic (exact) mass is 576 g/mol. The number of pyridine rings is 1. The third-order valence-electron chi connectivity index (χ3n) is 6.14. The lowest BCUT2D eigenvalue weighted by Gasteiger charge is -2.13. The van der Waals surface area contributed by atoms with Crippen LogP contribution in [0.2, 0.25) is 0 Å². The van der Waals surface area contributed by atoms with Crippen molar-refractivity contribution in [2.24, 2.45) is 0 Å². The molecule has 0 fully saturated rings. The lowest BCUT2D eigenvalue weighted by Crippen LogP contribution is -2.42. The van der Waals surface area contributed by atoms with Gasteiger partial charge < -0.3 is 14.8 Å². The van der Waals surface area contributed by atoms with E-state index in [1.165, 1.54) is 54.4 Å². The van der Waals surface area contributed by atoms with Crippen molar-refractivity contribution in [2.45, 2.75) is 13.5 Å². The van der Waals surface area contributed by atoms with E-state index in [-0.39, 0.29) is 40.7 Å². The van der Waals surface area contributed by atoms with E-state index in [0.29, 0.717) is 5.52 Å². The smallest absolute Gasteiger partial charge is 0.411 e. The number of fused-ring (bicyclic) bond motifs is 1. The van der Waals surface area contributed by atoms with E-state index in [1.807, 2.05) is 0 Å². The lowest BCUT2D eigenvalue weighted by atomic mass is 10.2. The summed E-state index contributed by atoms with van der Waals surface area (Å²) in [6, 6.07) is 11.3. The zero-order valence-electron chi connectivity index (χ0n) is 22.1. The Hall–Kier alpha value is -5.79. The molecule has 5 rings (SSSR count). The van der Waals surface area contributed by atoms with Gasteiger partial charge in [0.15, 0.2) is 17.3 Å². The Labute approximate surface area is 235 Å². The van der Waals surface area contributed by atoms with Crippen LogP contribution in [-0.4, -0.2) is 37.9 Å². The predicted octanol–water partition coefficient (Wildman–Crippen LogP) is 4.17. The number of ether oxygens (including phenoxy) is 2. The van der Waals surface area contributed by atoms with Gasteiger partial charge in [0, 0.05) is 30.6 Å². The summed E-state index contributed by atoms with van der Waals surface area (Å²) in [5.74, 6) is -2.34. The average molecular weight is 577 g/mol. The number of benzene rings is 2. The minimum absolute atomic E-state index is 0.00226. The molecule has 0 bridgehead atoms. The number of hydrogen-bond acceptors (Lipinski definition) is 7. The van der Waals surface area contributed by atoms with Crippen molar-refractivity contribution < 1.29 is 27.8 Å². The number of aryl methyl sites for hydroxylation is 1. The minimum Gasteiger partial charge on any atom is -0.453 e. The van der Waals surface area contributed by atoms with Crippen molar-refractivity contribution in [3.63, 3.8) is 0 Å². The van der Waals surface area contributed by atoms with Gasteiger partial charge in [-0.1, -0.05) is 0 Å². The van der Waals surface area contributed by atoms with Gasteiger partial charge >= 0.3 is 11.8 Å². The standard InChI is InChI=1S/C28H22F2N6O6/c1-3-34-15-20(26(38)36(28(34)40)19-7-4-16(29)5-8-19)25(37)32-17-6-9-23(21(30)12-17)42-24-13-18(33-27(39)41-2)14-35-22(24)10-11-31-35/h4-15H,3H2,1-2H3,(H,32,37)(H,33,39). The molecule has 214 valence electrons. The van der Waals surface area contributed by atoms with Crippen molar-refractivity contribution in [1.29, 1.82) is 0 Å². The zero-order chi connectivity index (χ0) is 30.0. The molecule has 0 unspecified atom stereocenters. The van der Waals surface area contributed by atoms with Crippen molar-refractivity contribution in [3.05, 3.63) is 111 Å². The van der Waals surface area contributed by atoms with Crippen molar-refractivity contribution >= 4 is 28.9 Å². The first-order valence-corrected chi connectivity index (χ1v) is 12.4. The number of nitrogens with one attached hydrogen (secondary N) is 2. The van der Waals surface area contributed by atoms with Gasteiger partial charge in [0.1, 0.15) is 16.9 Å². The van der Waals surface area contributed by atoms with Crippen molar-refractivity contribution in [1.82, 2.24) is 18.7 Å². The summed E-state index contributed by atoms with van der Waals surface area (Å²) in [7, 11) is 1.20. The highest BCUT2D eigenvalue weighted by atomic mass is 19.1. The van der Waals surface area contributed by atoms with Crippen LogP contribution < -0.4 is 26.6 Å². The maximum absolute atomic E-state index is 15.1. The van der Waals surface area contributed by atoms with Gasteiger partial charge in [-0.2, -0.15) is 5.10 Å². The number of carbonyl (C=O) groups excluding carboxylic acids is 2. The van der Waals surface area contributed by atoms with E-state index in [1.54, 1.807) is 13.0 Å². The van der Waals surface area contributed by atoms with E-state index < -0.39 is 34.9 Å². The SMILES string of the molecule is CCn1cc(C(=O)Nc2ccc(Oc3cc(NC(=O)OC)cn4nccc34)c(F)c2)c(=O)n(-c2ccc(F)cc2)c1=O. The molecule has 3 aromatic heterocycles. The van der Waals surface area contributed by atoms with Gasteiger partial charge in [-0.05, 0) is 49.4 Å². The Morgan fingerprint density at radius 3 is 2.38 bits per heavy atom. The molecular weight excluding hydrogens is 554 g/mol. The summed E-state index contributed by atoms with van der Waals surface area (Å²) in [5.41, 5.74) is -1.20. The number of anilines is 2. The third kappa shape index (κ3) is 5.45. The summed E-state index contributed by atoms with van der Waals surface area (Å²) in [6.07, 6.45) is 3.39. The number of aromatic nitrogens is 4. The second-order valence-electron chi connectivity index (χ2n) is 8.80. The Balaban J connectivity index is 1.42. The van der Waals surface area contributed by atoms with Gasteiger partial charge in [0.2, 0.25) is 0 Å². The largest absolute Gasteiger partial charge is 0.453 e. The number of amides is 2. The first-order valence-electron chi connectivity index (χ1n) is 12.4. The molecule has 2 aromatic carbocycles. The fourth-order valence-electron chi connectivity index (χ4n) is 4.10. The van der Waals surface area contributed by atoms with Gasteiger partial charge in [-0.25, -0.2) is 27.5 Å². The highest BCUT2D eigenvalue weighted by Gasteiger charge is 2.20. The maximum Gasteiger partial charge on any atom is 0.411 e. The van der Waals surface area contributed by atoms with Crippen molar-refractivity contribution in [3.8, 4) is 17.2 Å². The van der Waals surface area contributed by atoms with Crippen LogP contribution in [-0.2, 0) is 11.3 Å². The van der Waals surface area contributed by atoms with Crippen LogP contribution >= 0.6 is 0 Å². The van der Waals surface area contributed by atoms with E-state index in [4.69, 9.17) is 4.74 Å². The molecule has 5 aromatic rings. The summed E-state index contributed by atoms with van der Waals surface area (Å²) in [4.78, 5) is 50.7. The van der Waals surface area contributed by atoms with Gasteiger partial charge in [-0.15, -0.1) is 0 Å². The number of nitrogens with zero attached hydrogens (tertiary/aromatic N) is 4. The van der Waals surface area contributed by atoms with Gasteiger partial charge in [0.25, 0.3) is 11.5 Å². The molecule has 14 heteroatoms. The molecule has 0 saturated heterocycles. The van der Waals surface area contributed by atoms with Crippen molar-refractivity contribution in [2.75, 3.05) is 17.7 Å². The molecule has 0 atom stereocenters. The number of rotatable bonds is 7. The molecule has 42 heavy (non-hydrogen) atoms. The highest BCUT2D eigenvalue weighted by Crippen LogP contribution is 2.32. The average Bonchev–Trinajstić information content (AvgIpc) is 3.44. The third-order valence-corrected chi connectivity index (χ3v) is 6.14. The quantitative estimate of drug-likeness (QED) is 0.297. The predicted molar refractivity (Wildman–Crippen MR) is 148 cm³/mol. The van der Waals surface area contributed by atoms with Crippen LogP contribution in [0.1, 0.15) is 17.3 Å². The molecule has 0 aliphatic carbocycles. The molecule has 2 N–H and O–H groups in total. The fraction of sp³-hybridized carbons (Fsp3) is 0.107. The van der Waals surface area contributed by atoms with Gasteiger partial charge in [0.05, 0.1) is 30.9 Å². The second-order valence-corrected chi connectivity index (χ2v) is 8.80. The van der Waals surface area contributed by atoms with Crippen LogP contribution in [0.25, 0.3) is 11.2 Å². The summed E-state index contributed by atoms with van der Waals surface area (Å²) in [5, 5.41) is 9.04. The molecule has 0 spiro atoms. The first kappa shape index (κ1) is 27.8. The van der Waals surface area contributed by atoms with Gasteiger partial charge in [-0.3, -0.25) is 19.5 Å². The van der Waals surface area contributed by atoms with Crippen LogP contribution in [0.3, 0.4) is 0 Å². The Morgan fingerprint density at radius 2 is 1.69 bits per heavy atom. The molecule has 0 saturated carbocycles. The molecule has 12 nitrogen and oxygen atoms in total. The Morgan fingerprint density at radius 1 is 0.929 bits per heavy atom. The van der Waals surface area contributed by atoms with Crippen LogP contribution in [0.4, 0.5) is 25.0 Å². The Bertz CT molecular complexity index is 1950. The maximum atomic E-state index is 15.1. The topological polar surface area (TPSA) is 138 Å². The highest BCUT2D eigenvalue weighted by molar-refractivity contribution is 6.03. The number of halogens is 2. The Kier molecular flexibility index (Phi) is 7.51. The molecule has 0 aliphatic heterocycles.